The van der Waals surface area contributed by atoms with Gasteiger partial charge in [-0.3, -0.25) is 0 Å². The average Bonchev–Trinajstić information content (AvgIpc) is 2.98. The quantitative estimate of drug-likeness (QED) is 0.871. The lowest BCUT2D eigenvalue weighted by Gasteiger charge is -2.27. The van der Waals surface area contributed by atoms with E-state index in [2.05, 4.69) is 22.5 Å². The van der Waals surface area contributed by atoms with Crippen LogP contribution in [0.2, 0.25) is 0 Å². The second-order valence-corrected chi connectivity index (χ2v) is 5.95. The third kappa shape index (κ3) is 2.80. The summed E-state index contributed by atoms with van der Waals surface area (Å²) in [5, 5.41) is 11.3. The molecule has 0 aliphatic heterocycles. The Morgan fingerprint density at radius 2 is 2.39 bits per heavy atom. The summed E-state index contributed by atoms with van der Waals surface area (Å²) in [6.07, 6.45) is 4.48. The summed E-state index contributed by atoms with van der Waals surface area (Å²) >= 11 is 1.67. The number of aromatic nitrogens is 2. The Labute approximate surface area is 111 Å². The van der Waals surface area contributed by atoms with Crippen molar-refractivity contribution in [1.82, 2.24) is 9.55 Å². The maximum absolute atomic E-state index is 9.25. The number of nitrogens with two attached hydrogens (primary N) is 1. The molecule has 4 nitrogen and oxygen atoms in total. The molecule has 0 saturated heterocycles. The first-order valence-corrected chi connectivity index (χ1v) is 6.88. The first-order valence-electron chi connectivity index (χ1n) is 6.00. The van der Waals surface area contributed by atoms with Crippen LogP contribution >= 0.6 is 11.3 Å². The van der Waals surface area contributed by atoms with Gasteiger partial charge in [-0.25, -0.2) is 4.98 Å². The van der Waals surface area contributed by atoms with Crippen molar-refractivity contribution in [2.75, 3.05) is 6.61 Å². The topological polar surface area (TPSA) is 64.1 Å². The van der Waals surface area contributed by atoms with Crippen LogP contribution in [0.15, 0.2) is 29.9 Å². The highest BCUT2D eigenvalue weighted by Gasteiger charge is 2.23. The molecule has 0 aliphatic rings. The summed E-state index contributed by atoms with van der Waals surface area (Å²) in [6, 6.07) is 4.28. The Bertz CT molecular complexity index is 490. The van der Waals surface area contributed by atoms with Crippen molar-refractivity contribution in [3.63, 3.8) is 0 Å². The van der Waals surface area contributed by atoms with E-state index in [9.17, 15) is 5.11 Å². The molecule has 0 aliphatic carbocycles. The van der Waals surface area contributed by atoms with Gasteiger partial charge in [0.15, 0.2) is 0 Å². The maximum atomic E-state index is 9.25. The van der Waals surface area contributed by atoms with Crippen molar-refractivity contribution in [2.24, 2.45) is 5.73 Å². The lowest BCUT2D eigenvalue weighted by molar-refractivity contribution is 0.185. The van der Waals surface area contributed by atoms with Crippen LogP contribution in [-0.4, -0.2) is 26.8 Å². The van der Waals surface area contributed by atoms with Gasteiger partial charge in [-0.15, -0.1) is 11.3 Å². The Kier molecular flexibility index (Phi) is 3.85. The Balaban J connectivity index is 2.22. The van der Waals surface area contributed by atoms with Gasteiger partial charge < -0.3 is 15.4 Å². The van der Waals surface area contributed by atoms with Gasteiger partial charge in [0.2, 0.25) is 0 Å². The smallest absolute Gasteiger partial charge is 0.150 e. The fraction of sp³-hybridized carbons (Fsp3) is 0.462. The van der Waals surface area contributed by atoms with Crippen molar-refractivity contribution in [3.05, 3.63) is 29.9 Å². The zero-order chi connectivity index (χ0) is 13.2. The number of hydrogen-bond donors (Lipinski definition) is 2. The number of nitrogens with zero attached hydrogens (tertiary/aromatic N) is 2. The summed E-state index contributed by atoms with van der Waals surface area (Å²) in [7, 11) is 0. The summed E-state index contributed by atoms with van der Waals surface area (Å²) in [4.78, 5) is 5.55. The Morgan fingerprint density at radius 3 is 3.00 bits per heavy atom. The summed E-state index contributed by atoms with van der Waals surface area (Å²) in [5.74, 6) is 0.964. The van der Waals surface area contributed by atoms with Crippen LogP contribution in [-0.2, 0) is 0 Å². The van der Waals surface area contributed by atoms with Crippen LogP contribution in [0.4, 0.5) is 0 Å². The van der Waals surface area contributed by atoms with Gasteiger partial charge in [0.1, 0.15) is 5.82 Å². The van der Waals surface area contributed by atoms with Gasteiger partial charge in [-0.2, -0.15) is 0 Å². The van der Waals surface area contributed by atoms with Crippen LogP contribution in [0.25, 0.3) is 10.7 Å². The number of thiophene rings is 1. The highest BCUT2D eigenvalue weighted by atomic mass is 32.1. The Hall–Kier alpha value is -1.17. The van der Waals surface area contributed by atoms with E-state index in [1.807, 2.05) is 24.6 Å². The molecule has 2 unspecified atom stereocenters. The molecule has 0 amide bonds. The molecule has 2 rings (SSSR count). The van der Waals surface area contributed by atoms with E-state index in [-0.39, 0.29) is 12.6 Å². The highest BCUT2D eigenvalue weighted by molar-refractivity contribution is 7.13. The largest absolute Gasteiger partial charge is 0.394 e. The minimum atomic E-state index is -0.559. The van der Waals surface area contributed by atoms with Gasteiger partial charge in [-0.05, 0) is 31.7 Å². The monoisotopic (exact) mass is 265 g/mol. The third-order valence-electron chi connectivity index (χ3n) is 3.01. The van der Waals surface area contributed by atoms with E-state index >= 15 is 0 Å². The molecule has 5 heteroatoms. The van der Waals surface area contributed by atoms with Crippen LogP contribution in [0.5, 0.6) is 0 Å². The molecule has 2 aromatic heterocycles. The zero-order valence-corrected chi connectivity index (χ0v) is 11.5. The second-order valence-electron chi connectivity index (χ2n) is 5.00. The molecule has 0 aromatic carbocycles. The first-order chi connectivity index (χ1) is 8.53. The number of hydrogen-bond acceptors (Lipinski definition) is 4. The molecule has 98 valence electrons. The first kappa shape index (κ1) is 13.3. The van der Waals surface area contributed by atoms with Crippen molar-refractivity contribution in [3.8, 4) is 10.7 Å². The fourth-order valence-electron chi connectivity index (χ4n) is 2.10. The molecule has 2 heterocycles. The number of aliphatic hydroxyl groups excluding tert-OH is 1. The summed E-state index contributed by atoms with van der Waals surface area (Å²) < 4.78 is 2.12. The average molecular weight is 265 g/mol. The lowest BCUT2D eigenvalue weighted by Crippen LogP contribution is -2.42. The van der Waals surface area contributed by atoms with Gasteiger partial charge in [0, 0.05) is 24.0 Å². The molecule has 3 N–H and O–H groups in total. The number of rotatable bonds is 5. The van der Waals surface area contributed by atoms with Crippen LogP contribution in [0.1, 0.15) is 26.3 Å². The highest BCUT2D eigenvalue weighted by Crippen LogP contribution is 2.28. The van der Waals surface area contributed by atoms with Crippen molar-refractivity contribution in [2.45, 2.75) is 31.8 Å². The Morgan fingerprint density at radius 1 is 1.61 bits per heavy atom. The molecule has 18 heavy (non-hydrogen) atoms. The molecule has 0 radical (unpaired) electrons. The zero-order valence-electron chi connectivity index (χ0n) is 10.7. The van der Waals surface area contributed by atoms with E-state index in [0.29, 0.717) is 6.42 Å². The summed E-state index contributed by atoms with van der Waals surface area (Å²) in [6.45, 7) is 3.95. The van der Waals surface area contributed by atoms with Crippen LogP contribution in [0.3, 0.4) is 0 Å². The van der Waals surface area contributed by atoms with Crippen molar-refractivity contribution in [1.29, 1.82) is 0 Å². The van der Waals surface area contributed by atoms with Crippen LogP contribution < -0.4 is 5.73 Å². The summed E-state index contributed by atoms with van der Waals surface area (Å²) in [5.41, 5.74) is 5.45. The molecular formula is C13H19N3OS. The van der Waals surface area contributed by atoms with Gasteiger partial charge in [0.25, 0.3) is 0 Å². The predicted molar refractivity (Wildman–Crippen MR) is 74.5 cm³/mol. The minimum Gasteiger partial charge on any atom is -0.394 e. The number of aliphatic hydroxyl groups is 1. The second kappa shape index (κ2) is 5.22. The number of imidazole rings is 1. The predicted octanol–water partition coefficient (Wildman–Crippen LogP) is 2.27. The maximum Gasteiger partial charge on any atom is 0.150 e. The molecule has 0 fully saturated rings. The molecule has 0 spiro atoms. The van der Waals surface area contributed by atoms with E-state index in [1.165, 1.54) is 0 Å². The standard InChI is InChI=1S/C13H19N3OS/c1-10(8-13(2,14)9-17)16-6-5-15-12(16)11-4-3-7-18-11/h3-7,10,17H,8-9,14H2,1-2H3. The normalized spacial score (nSPS) is 16.4. The molecular weight excluding hydrogens is 246 g/mol. The van der Waals surface area contributed by atoms with Gasteiger partial charge >= 0.3 is 0 Å². The van der Waals surface area contributed by atoms with Crippen molar-refractivity contribution < 1.29 is 5.11 Å². The van der Waals surface area contributed by atoms with E-state index in [1.54, 1.807) is 17.5 Å². The van der Waals surface area contributed by atoms with E-state index in [0.717, 1.165) is 10.7 Å². The lowest BCUT2D eigenvalue weighted by atomic mass is 9.96. The van der Waals surface area contributed by atoms with Crippen LogP contribution in [0, 0.1) is 0 Å². The molecule has 0 saturated carbocycles. The van der Waals surface area contributed by atoms with Gasteiger partial charge in [-0.1, -0.05) is 6.07 Å². The molecule has 2 atom stereocenters. The fourth-order valence-corrected chi connectivity index (χ4v) is 2.83. The van der Waals surface area contributed by atoms with E-state index < -0.39 is 5.54 Å². The van der Waals surface area contributed by atoms with Crippen molar-refractivity contribution >= 4 is 11.3 Å². The van der Waals surface area contributed by atoms with E-state index in [4.69, 9.17) is 5.73 Å². The molecule has 0 bridgehead atoms. The minimum absolute atomic E-state index is 0.0135. The third-order valence-corrected chi connectivity index (χ3v) is 3.87. The molecule has 2 aromatic rings. The van der Waals surface area contributed by atoms with Gasteiger partial charge in [0.05, 0.1) is 11.5 Å². The SMILES string of the molecule is CC(CC(C)(N)CO)n1ccnc1-c1cccs1.